The number of carbonyl (C=O) groups is 2. The van der Waals surface area contributed by atoms with Gasteiger partial charge in [-0.3, -0.25) is 5.32 Å². The molecule has 0 aliphatic rings. The number of phenolic OH excluding ortho intramolecular Hbond substituents is 1. The molecule has 0 aromatic heterocycles. The zero-order valence-corrected chi connectivity index (χ0v) is 23.8. The molecule has 3 N–H and O–H groups in total. The zero-order valence-electron chi connectivity index (χ0n) is 20.6. The number of benzene rings is 4. The first-order valence-electron chi connectivity index (χ1n) is 12.1. The fourth-order valence-corrected chi connectivity index (χ4v) is 5.38. The quantitative estimate of drug-likeness (QED) is 0.149. The summed E-state index contributed by atoms with van der Waals surface area (Å²) in [5, 5.41) is 24.6. The van der Waals surface area contributed by atoms with Crippen molar-refractivity contribution in [2.45, 2.75) is 25.0 Å². The highest BCUT2D eigenvalue weighted by Crippen LogP contribution is 2.40. The van der Waals surface area contributed by atoms with Crippen LogP contribution >= 0.6 is 31.9 Å². The minimum Gasteiger partial charge on any atom is -0.506 e. The molecule has 0 saturated heterocycles. The lowest BCUT2D eigenvalue weighted by Gasteiger charge is -2.29. The van der Waals surface area contributed by atoms with E-state index in [2.05, 4.69) is 37.2 Å². The van der Waals surface area contributed by atoms with Gasteiger partial charge in [-0.2, -0.15) is 0 Å². The van der Waals surface area contributed by atoms with Crippen LogP contribution in [0.1, 0.15) is 24.5 Å². The van der Waals surface area contributed by atoms with Crippen molar-refractivity contribution in [2.75, 3.05) is 5.32 Å². The van der Waals surface area contributed by atoms with Crippen LogP contribution in [0.5, 0.6) is 11.5 Å². The Morgan fingerprint density at radius 1 is 0.949 bits per heavy atom. The number of nitrogens with one attached hydrogen (secondary N) is 1. The third-order valence-electron chi connectivity index (χ3n) is 5.87. The number of carboxylic acids is 1. The van der Waals surface area contributed by atoms with E-state index in [1.165, 1.54) is 6.08 Å². The van der Waals surface area contributed by atoms with Crippen molar-refractivity contribution in [2.24, 2.45) is 0 Å². The molecular formula is C30H25Br2NO6. The lowest BCUT2D eigenvalue weighted by molar-refractivity contribution is -0.131. The van der Waals surface area contributed by atoms with Crippen molar-refractivity contribution >= 4 is 60.4 Å². The lowest BCUT2D eigenvalue weighted by Crippen LogP contribution is -2.31. The number of rotatable bonds is 10. The fourth-order valence-electron chi connectivity index (χ4n) is 4.12. The predicted molar refractivity (Wildman–Crippen MR) is 157 cm³/mol. The molecule has 0 heterocycles. The molecule has 4 rings (SSSR count). The zero-order chi connectivity index (χ0) is 27.8. The maximum absolute atomic E-state index is 13.3. The molecule has 39 heavy (non-hydrogen) atoms. The standard InChI is InChI=1S/C30H25Br2NO6/c31-20-17-23(28(36)24(32)18-20)29(26(15-6-7-16-27(34)35)38-21-11-2-1-3-12-21)39-30(37)33-25-14-8-10-19-9-4-5-13-22(19)25/h1-5,7-14,16-18,26,29,36H,6,15H2,(H,33,37)(H,34,35)/b16-7+/t26-,29-/m0/s1. The average Bonchev–Trinajstić information content (AvgIpc) is 2.92. The molecule has 0 aliphatic heterocycles. The van der Waals surface area contributed by atoms with E-state index in [0.717, 1.165) is 16.8 Å². The van der Waals surface area contributed by atoms with Crippen molar-refractivity contribution in [3.8, 4) is 11.5 Å². The number of allylic oxidation sites excluding steroid dienone is 1. The van der Waals surface area contributed by atoms with Crippen molar-refractivity contribution in [3.05, 3.63) is 112 Å². The van der Waals surface area contributed by atoms with Gasteiger partial charge in [0.1, 0.15) is 17.6 Å². The van der Waals surface area contributed by atoms with Gasteiger partial charge in [0.25, 0.3) is 0 Å². The normalized spacial score (nSPS) is 12.7. The highest BCUT2D eigenvalue weighted by atomic mass is 79.9. The van der Waals surface area contributed by atoms with E-state index < -0.39 is 24.3 Å². The monoisotopic (exact) mass is 653 g/mol. The van der Waals surface area contributed by atoms with Crippen LogP contribution in [0.25, 0.3) is 10.8 Å². The van der Waals surface area contributed by atoms with E-state index in [1.807, 2.05) is 54.6 Å². The number of halogens is 2. The van der Waals surface area contributed by atoms with Crippen molar-refractivity contribution in [3.63, 3.8) is 0 Å². The molecule has 0 saturated carbocycles. The minimum absolute atomic E-state index is 0.107. The number of ether oxygens (including phenoxy) is 2. The van der Waals surface area contributed by atoms with Crippen molar-refractivity contribution < 1.29 is 29.3 Å². The number of hydrogen-bond acceptors (Lipinski definition) is 5. The number of fused-ring (bicyclic) bond motifs is 1. The van der Waals surface area contributed by atoms with Gasteiger partial charge >= 0.3 is 12.1 Å². The molecule has 0 fully saturated rings. The first-order chi connectivity index (χ1) is 18.8. The molecule has 4 aromatic carbocycles. The molecular weight excluding hydrogens is 630 g/mol. The van der Waals surface area contributed by atoms with Gasteiger partial charge in [0.15, 0.2) is 6.10 Å². The van der Waals surface area contributed by atoms with Crippen LogP contribution in [-0.4, -0.2) is 28.4 Å². The number of aliphatic carboxylic acids is 1. The van der Waals surface area contributed by atoms with Crippen LogP contribution < -0.4 is 10.1 Å². The summed E-state index contributed by atoms with van der Waals surface area (Å²) < 4.78 is 13.3. The molecule has 1 amide bonds. The van der Waals surface area contributed by atoms with Gasteiger partial charge in [-0.05, 0) is 64.5 Å². The number of para-hydroxylation sites is 1. The van der Waals surface area contributed by atoms with E-state index in [9.17, 15) is 14.7 Å². The summed E-state index contributed by atoms with van der Waals surface area (Å²) >= 11 is 6.80. The molecule has 0 spiro atoms. The van der Waals surface area contributed by atoms with Gasteiger partial charge in [-0.15, -0.1) is 0 Å². The number of amides is 1. The molecule has 0 aliphatic carbocycles. The van der Waals surface area contributed by atoms with Gasteiger partial charge in [-0.25, -0.2) is 9.59 Å². The van der Waals surface area contributed by atoms with Crippen LogP contribution in [0.15, 0.2) is 106 Å². The average molecular weight is 655 g/mol. The van der Waals surface area contributed by atoms with Gasteiger partial charge in [0, 0.05) is 21.5 Å². The van der Waals surface area contributed by atoms with Crippen LogP contribution in [0, 0.1) is 0 Å². The molecule has 7 nitrogen and oxygen atoms in total. The number of aromatic hydroxyl groups is 1. The summed E-state index contributed by atoms with van der Waals surface area (Å²) in [5.41, 5.74) is 0.883. The highest BCUT2D eigenvalue weighted by Gasteiger charge is 2.32. The van der Waals surface area contributed by atoms with E-state index in [1.54, 1.807) is 30.3 Å². The Balaban J connectivity index is 1.70. The van der Waals surface area contributed by atoms with Gasteiger partial charge in [0.05, 0.1) is 10.2 Å². The second-order valence-corrected chi connectivity index (χ2v) is 10.4. The number of phenols is 1. The third kappa shape index (κ3) is 7.61. The summed E-state index contributed by atoms with van der Waals surface area (Å²) in [6.07, 6.45) is 0.584. The third-order valence-corrected chi connectivity index (χ3v) is 6.93. The second kappa shape index (κ2) is 13.3. The fraction of sp³-hybridized carbons (Fsp3) is 0.133. The number of anilines is 1. The molecule has 9 heteroatoms. The summed E-state index contributed by atoms with van der Waals surface area (Å²) in [6, 6.07) is 25.5. The van der Waals surface area contributed by atoms with Gasteiger partial charge < -0.3 is 19.7 Å². The van der Waals surface area contributed by atoms with E-state index in [-0.39, 0.29) is 12.2 Å². The van der Waals surface area contributed by atoms with E-state index >= 15 is 0 Å². The van der Waals surface area contributed by atoms with Crippen molar-refractivity contribution in [1.29, 1.82) is 0 Å². The topological polar surface area (TPSA) is 105 Å². The van der Waals surface area contributed by atoms with E-state index in [0.29, 0.717) is 32.4 Å². The first kappa shape index (κ1) is 28.2. The Hall–Kier alpha value is -3.82. The van der Waals surface area contributed by atoms with E-state index in [4.69, 9.17) is 14.6 Å². The predicted octanol–water partition coefficient (Wildman–Crippen LogP) is 8.23. The van der Waals surface area contributed by atoms with Crippen LogP contribution in [0.2, 0.25) is 0 Å². The maximum Gasteiger partial charge on any atom is 0.412 e. The van der Waals surface area contributed by atoms with Gasteiger partial charge in [0.2, 0.25) is 0 Å². The molecule has 200 valence electrons. The van der Waals surface area contributed by atoms with Gasteiger partial charge in [-0.1, -0.05) is 76.6 Å². The SMILES string of the molecule is O=C(O)/C=C/CC[C@H](Oc1ccccc1)[C@@H](OC(=O)Nc1cccc2ccccc12)c1cc(Br)cc(Br)c1O. The Kier molecular flexibility index (Phi) is 9.62. The minimum atomic E-state index is -1.06. The Morgan fingerprint density at radius 3 is 2.44 bits per heavy atom. The first-order valence-corrected chi connectivity index (χ1v) is 13.6. The summed E-state index contributed by atoms with van der Waals surface area (Å²) in [7, 11) is 0. The Bertz CT molecular complexity index is 1490. The molecule has 0 bridgehead atoms. The molecule has 0 unspecified atom stereocenters. The lowest BCUT2D eigenvalue weighted by atomic mass is 9.99. The Labute approximate surface area is 242 Å². The summed E-state index contributed by atoms with van der Waals surface area (Å²) in [5.74, 6) is -0.642. The largest absolute Gasteiger partial charge is 0.506 e. The number of carbonyl (C=O) groups excluding carboxylic acids is 1. The van der Waals surface area contributed by atoms with Crippen LogP contribution in [0.4, 0.5) is 10.5 Å². The Morgan fingerprint density at radius 2 is 1.67 bits per heavy atom. The van der Waals surface area contributed by atoms with Crippen molar-refractivity contribution in [1.82, 2.24) is 0 Å². The smallest absolute Gasteiger partial charge is 0.412 e. The van der Waals surface area contributed by atoms with Crippen LogP contribution in [-0.2, 0) is 9.53 Å². The summed E-state index contributed by atoms with van der Waals surface area (Å²) in [4.78, 5) is 24.3. The number of hydrogen-bond donors (Lipinski definition) is 3. The second-order valence-electron chi connectivity index (χ2n) is 8.59. The van der Waals surface area contributed by atoms with Crippen LogP contribution in [0.3, 0.4) is 0 Å². The molecule has 2 atom stereocenters. The molecule has 0 radical (unpaired) electrons. The maximum atomic E-state index is 13.3. The molecule has 4 aromatic rings. The highest BCUT2D eigenvalue weighted by molar-refractivity contribution is 9.11. The summed E-state index contributed by atoms with van der Waals surface area (Å²) in [6.45, 7) is 0. The number of carboxylic acid groups (broad SMARTS) is 1.